The van der Waals surface area contributed by atoms with E-state index in [1.165, 1.54) is 6.92 Å². The van der Waals surface area contributed by atoms with E-state index in [1.807, 2.05) is 0 Å². The van der Waals surface area contributed by atoms with Crippen LogP contribution in [0.5, 0.6) is 0 Å². The van der Waals surface area contributed by atoms with Gasteiger partial charge in [-0.2, -0.15) is 0 Å². The molecule has 0 radical (unpaired) electrons. The van der Waals surface area contributed by atoms with Crippen molar-refractivity contribution < 1.29 is 14.3 Å². The van der Waals surface area contributed by atoms with E-state index in [2.05, 4.69) is 6.92 Å². The van der Waals surface area contributed by atoms with Crippen molar-refractivity contribution in [3.8, 4) is 0 Å². The summed E-state index contributed by atoms with van der Waals surface area (Å²) in [5.74, 6) is -0.313. The van der Waals surface area contributed by atoms with Crippen LogP contribution in [0.2, 0.25) is 0 Å². The summed E-state index contributed by atoms with van der Waals surface area (Å²) in [6, 6.07) is 0. The van der Waals surface area contributed by atoms with Crippen LogP contribution in [0.4, 0.5) is 0 Å². The fourth-order valence-corrected chi connectivity index (χ4v) is 1.93. The minimum absolute atomic E-state index is 0.0104. The largest absolute Gasteiger partial charge is 0.378 e. The number of hydrogen-bond acceptors (Lipinski definition) is 3. The van der Waals surface area contributed by atoms with Gasteiger partial charge in [0.15, 0.2) is 0 Å². The Morgan fingerprint density at radius 3 is 2.87 bits per heavy atom. The van der Waals surface area contributed by atoms with E-state index in [4.69, 9.17) is 4.74 Å². The average molecular weight is 212 g/mol. The molecule has 1 aliphatic rings. The van der Waals surface area contributed by atoms with Crippen LogP contribution in [0.1, 0.15) is 46.0 Å². The van der Waals surface area contributed by atoms with Crippen LogP contribution in [0, 0.1) is 5.92 Å². The average Bonchev–Trinajstić information content (AvgIpc) is 2.20. The van der Waals surface area contributed by atoms with Crippen LogP contribution in [-0.4, -0.2) is 24.3 Å². The third-order valence-corrected chi connectivity index (χ3v) is 2.94. The second-order valence-corrected chi connectivity index (χ2v) is 4.25. The summed E-state index contributed by atoms with van der Waals surface area (Å²) >= 11 is 0. The predicted octanol–water partition coefficient (Wildman–Crippen LogP) is 2.13. The molecular formula is C12H20O3. The van der Waals surface area contributed by atoms with Crippen molar-refractivity contribution >= 4 is 11.6 Å². The Labute approximate surface area is 91.2 Å². The Hall–Kier alpha value is -0.700. The van der Waals surface area contributed by atoms with Crippen LogP contribution < -0.4 is 0 Å². The zero-order valence-corrected chi connectivity index (χ0v) is 9.62. The number of unbranched alkanes of at least 4 members (excludes halogenated alkanes) is 1. The SMILES string of the molecule is CCCCOC1CCC(=O)C(C(C)=O)C1. The van der Waals surface area contributed by atoms with E-state index in [0.29, 0.717) is 12.8 Å². The van der Waals surface area contributed by atoms with Crippen LogP contribution in [-0.2, 0) is 14.3 Å². The lowest BCUT2D eigenvalue weighted by molar-refractivity contribution is -0.136. The fourth-order valence-electron chi connectivity index (χ4n) is 1.93. The third kappa shape index (κ3) is 3.74. The first-order valence-corrected chi connectivity index (χ1v) is 5.80. The van der Waals surface area contributed by atoms with Crippen LogP contribution in [0.3, 0.4) is 0 Å². The second kappa shape index (κ2) is 6.01. The molecule has 86 valence electrons. The smallest absolute Gasteiger partial charge is 0.143 e. The van der Waals surface area contributed by atoms with Gasteiger partial charge in [-0.3, -0.25) is 9.59 Å². The van der Waals surface area contributed by atoms with E-state index in [9.17, 15) is 9.59 Å². The number of ketones is 2. The molecule has 15 heavy (non-hydrogen) atoms. The van der Waals surface area contributed by atoms with E-state index in [-0.39, 0.29) is 17.7 Å². The standard InChI is InChI=1S/C12H20O3/c1-3-4-7-15-10-5-6-12(14)11(8-10)9(2)13/h10-11H,3-8H2,1-2H3. The quantitative estimate of drug-likeness (QED) is 0.518. The van der Waals surface area contributed by atoms with Gasteiger partial charge in [0.25, 0.3) is 0 Å². The lowest BCUT2D eigenvalue weighted by atomic mass is 9.84. The first-order valence-electron chi connectivity index (χ1n) is 5.80. The van der Waals surface area contributed by atoms with Crippen LogP contribution in [0.25, 0.3) is 0 Å². The molecule has 0 amide bonds. The summed E-state index contributed by atoms with van der Waals surface area (Å²) < 4.78 is 5.65. The summed E-state index contributed by atoms with van der Waals surface area (Å²) in [4.78, 5) is 22.6. The molecule has 0 N–H and O–H groups in total. The molecule has 0 aromatic heterocycles. The molecule has 2 unspecified atom stereocenters. The van der Waals surface area contributed by atoms with Crippen LogP contribution in [0.15, 0.2) is 0 Å². The summed E-state index contributed by atoms with van der Waals surface area (Å²) in [7, 11) is 0. The highest BCUT2D eigenvalue weighted by Gasteiger charge is 2.31. The normalized spacial score (nSPS) is 26.7. The maximum atomic E-state index is 11.4. The van der Waals surface area contributed by atoms with Gasteiger partial charge in [0.2, 0.25) is 0 Å². The Kier molecular flexibility index (Phi) is 4.95. The second-order valence-electron chi connectivity index (χ2n) is 4.25. The first kappa shape index (κ1) is 12.4. The fraction of sp³-hybridized carbons (Fsp3) is 0.833. The predicted molar refractivity (Wildman–Crippen MR) is 57.7 cm³/mol. The lowest BCUT2D eigenvalue weighted by Gasteiger charge is -2.26. The summed E-state index contributed by atoms with van der Waals surface area (Å²) in [6.45, 7) is 4.36. The maximum absolute atomic E-state index is 11.4. The van der Waals surface area contributed by atoms with Gasteiger partial charge in [0.05, 0.1) is 12.0 Å². The molecule has 3 nitrogen and oxygen atoms in total. The molecule has 0 aliphatic heterocycles. The number of carbonyl (C=O) groups is 2. The minimum Gasteiger partial charge on any atom is -0.378 e. The molecule has 1 rings (SSSR count). The molecule has 1 aliphatic carbocycles. The Morgan fingerprint density at radius 1 is 1.53 bits per heavy atom. The molecule has 0 saturated heterocycles. The summed E-state index contributed by atoms with van der Waals surface area (Å²) in [6.07, 6.45) is 4.16. The maximum Gasteiger partial charge on any atom is 0.143 e. The highest BCUT2D eigenvalue weighted by atomic mass is 16.5. The minimum atomic E-state index is -0.398. The molecule has 2 atom stereocenters. The topological polar surface area (TPSA) is 43.4 Å². The molecule has 1 fully saturated rings. The van der Waals surface area contributed by atoms with Gasteiger partial charge in [-0.15, -0.1) is 0 Å². The number of Topliss-reactive ketones (excluding diaryl/α,β-unsaturated/α-hetero) is 2. The molecule has 3 heteroatoms. The van der Waals surface area contributed by atoms with E-state index < -0.39 is 5.92 Å². The molecular weight excluding hydrogens is 192 g/mol. The van der Waals surface area contributed by atoms with Crippen molar-refractivity contribution in [2.45, 2.75) is 52.1 Å². The van der Waals surface area contributed by atoms with Gasteiger partial charge in [0.1, 0.15) is 11.6 Å². The van der Waals surface area contributed by atoms with Gasteiger partial charge in [-0.1, -0.05) is 13.3 Å². The zero-order chi connectivity index (χ0) is 11.3. The van der Waals surface area contributed by atoms with Crippen molar-refractivity contribution in [3.63, 3.8) is 0 Å². The number of rotatable bonds is 5. The highest BCUT2D eigenvalue weighted by Crippen LogP contribution is 2.24. The van der Waals surface area contributed by atoms with Gasteiger partial charge in [0, 0.05) is 13.0 Å². The molecule has 1 saturated carbocycles. The Bertz CT molecular complexity index is 235. The van der Waals surface area contributed by atoms with Crippen LogP contribution >= 0.6 is 0 Å². The number of carbonyl (C=O) groups excluding carboxylic acids is 2. The van der Waals surface area contributed by atoms with Crippen molar-refractivity contribution in [2.24, 2.45) is 5.92 Å². The van der Waals surface area contributed by atoms with Crippen molar-refractivity contribution in [1.82, 2.24) is 0 Å². The summed E-state index contributed by atoms with van der Waals surface area (Å²) in [5, 5.41) is 0. The van der Waals surface area contributed by atoms with Crippen molar-refractivity contribution in [1.29, 1.82) is 0 Å². The van der Waals surface area contributed by atoms with E-state index in [0.717, 1.165) is 25.9 Å². The van der Waals surface area contributed by atoms with E-state index in [1.54, 1.807) is 0 Å². The highest BCUT2D eigenvalue weighted by molar-refractivity contribution is 6.01. The third-order valence-electron chi connectivity index (χ3n) is 2.94. The van der Waals surface area contributed by atoms with Crippen molar-refractivity contribution in [3.05, 3.63) is 0 Å². The number of ether oxygens (including phenoxy) is 1. The number of hydrogen-bond donors (Lipinski definition) is 0. The van der Waals surface area contributed by atoms with Gasteiger partial charge in [-0.05, 0) is 26.2 Å². The molecule has 0 spiro atoms. The monoisotopic (exact) mass is 212 g/mol. The Morgan fingerprint density at radius 2 is 2.27 bits per heavy atom. The molecule has 0 aromatic rings. The van der Waals surface area contributed by atoms with Gasteiger partial charge >= 0.3 is 0 Å². The molecule has 0 heterocycles. The molecule has 0 aromatic carbocycles. The van der Waals surface area contributed by atoms with Gasteiger partial charge in [-0.25, -0.2) is 0 Å². The van der Waals surface area contributed by atoms with E-state index >= 15 is 0 Å². The van der Waals surface area contributed by atoms with Gasteiger partial charge < -0.3 is 4.74 Å². The lowest BCUT2D eigenvalue weighted by Crippen LogP contribution is -2.33. The zero-order valence-electron chi connectivity index (χ0n) is 9.62. The molecule has 0 bridgehead atoms. The first-order chi connectivity index (χ1) is 7.15. The summed E-state index contributed by atoms with van der Waals surface area (Å²) in [5.41, 5.74) is 0. The Balaban J connectivity index is 2.36. The van der Waals surface area contributed by atoms with Crippen molar-refractivity contribution in [2.75, 3.05) is 6.61 Å².